The van der Waals surface area contributed by atoms with Gasteiger partial charge < -0.3 is 14.4 Å². The van der Waals surface area contributed by atoms with Crippen LogP contribution in [0, 0.1) is 0 Å². The van der Waals surface area contributed by atoms with Crippen LogP contribution in [0.1, 0.15) is 54.3 Å². The lowest BCUT2D eigenvalue weighted by Crippen LogP contribution is -2.33. The minimum absolute atomic E-state index is 0.150. The first-order valence-corrected chi connectivity index (χ1v) is 7.97. The Hall–Kier alpha value is -1.39. The minimum atomic E-state index is -0.268. The van der Waals surface area contributed by atoms with Gasteiger partial charge in [0.2, 0.25) is 0 Å². The number of nitrogens with zero attached hydrogens (tertiary/aromatic N) is 1. The van der Waals surface area contributed by atoms with E-state index in [0.29, 0.717) is 13.2 Å². The van der Waals surface area contributed by atoms with Crippen molar-refractivity contribution in [3.05, 3.63) is 35.4 Å². The molecule has 0 unspecified atom stereocenters. The first-order chi connectivity index (χ1) is 10.3. The number of carbonyl (C=O) groups is 1. The van der Waals surface area contributed by atoms with Crippen LogP contribution in [0.25, 0.3) is 0 Å². The number of hydrogen-bond donors (Lipinski definition) is 0. The van der Waals surface area contributed by atoms with Crippen molar-refractivity contribution in [2.45, 2.75) is 38.4 Å². The highest BCUT2D eigenvalue weighted by molar-refractivity contribution is 5.94. The summed E-state index contributed by atoms with van der Waals surface area (Å²) < 4.78 is 10.9. The molecule has 0 N–H and O–H groups in total. The Morgan fingerprint density at radius 2 is 1.48 bits per heavy atom. The highest BCUT2D eigenvalue weighted by Crippen LogP contribution is 2.23. The van der Waals surface area contributed by atoms with E-state index in [0.717, 1.165) is 37.1 Å². The maximum atomic E-state index is 12.6. The van der Waals surface area contributed by atoms with E-state index in [1.54, 1.807) is 0 Å². The summed E-state index contributed by atoms with van der Waals surface area (Å²) in [5.41, 5.74) is 1.74. The van der Waals surface area contributed by atoms with E-state index in [-0.39, 0.29) is 12.2 Å². The van der Waals surface area contributed by atoms with Crippen LogP contribution >= 0.6 is 0 Å². The van der Waals surface area contributed by atoms with Crippen LogP contribution in [0.2, 0.25) is 0 Å². The van der Waals surface area contributed by atoms with Crippen molar-refractivity contribution >= 4 is 5.91 Å². The molecule has 3 rings (SSSR count). The quantitative estimate of drug-likeness (QED) is 0.839. The molecule has 1 aromatic rings. The van der Waals surface area contributed by atoms with Gasteiger partial charge in [-0.05, 0) is 25.0 Å². The topological polar surface area (TPSA) is 38.8 Å². The van der Waals surface area contributed by atoms with E-state index in [9.17, 15) is 4.79 Å². The summed E-state index contributed by atoms with van der Waals surface area (Å²) in [5.74, 6) is 0.150. The Balaban J connectivity index is 1.65. The first kappa shape index (κ1) is 14.5. The normalized spacial score (nSPS) is 21.0. The molecular formula is C17H23NO3. The van der Waals surface area contributed by atoms with Gasteiger partial charge in [-0.1, -0.05) is 31.4 Å². The maximum absolute atomic E-state index is 12.6. The maximum Gasteiger partial charge on any atom is 0.253 e. The van der Waals surface area contributed by atoms with Gasteiger partial charge in [-0.2, -0.15) is 0 Å². The average Bonchev–Trinajstić information content (AvgIpc) is 3.01. The molecule has 0 radical (unpaired) electrons. The lowest BCUT2D eigenvalue weighted by atomic mass is 10.1. The summed E-state index contributed by atoms with van der Waals surface area (Å²) in [6.45, 7) is 3.04. The summed E-state index contributed by atoms with van der Waals surface area (Å²) in [4.78, 5) is 14.6. The molecule has 2 aliphatic rings. The van der Waals surface area contributed by atoms with Crippen molar-refractivity contribution in [2.24, 2.45) is 0 Å². The molecule has 114 valence electrons. The standard InChI is InChI=1S/C17H23NO3/c19-16(18-10-4-2-1-3-5-11-18)14-6-8-15(9-7-14)17-20-12-13-21-17/h6-9,17H,1-5,10-13H2. The first-order valence-electron chi connectivity index (χ1n) is 7.97. The van der Waals surface area contributed by atoms with Gasteiger partial charge in [0, 0.05) is 24.2 Å². The van der Waals surface area contributed by atoms with Gasteiger partial charge in [0.1, 0.15) is 0 Å². The Kier molecular flexibility index (Phi) is 4.88. The van der Waals surface area contributed by atoms with Crippen molar-refractivity contribution in [2.75, 3.05) is 26.3 Å². The summed E-state index contributed by atoms with van der Waals surface area (Å²) in [5, 5.41) is 0. The van der Waals surface area contributed by atoms with E-state index in [2.05, 4.69) is 0 Å². The van der Waals surface area contributed by atoms with Gasteiger partial charge in [-0.25, -0.2) is 0 Å². The summed E-state index contributed by atoms with van der Waals surface area (Å²) in [6.07, 6.45) is 5.74. The molecule has 21 heavy (non-hydrogen) atoms. The van der Waals surface area contributed by atoms with Crippen LogP contribution in [-0.4, -0.2) is 37.1 Å². The van der Waals surface area contributed by atoms with Gasteiger partial charge in [-0.15, -0.1) is 0 Å². The second-order valence-corrected chi connectivity index (χ2v) is 5.76. The molecule has 2 saturated heterocycles. The van der Waals surface area contributed by atoms with Crippen molar-refractivity contribution < 1.29 is 14.3 Å². The van der Waals surface area contributed by atoms with E-state index in [1.807, 2.05) is 29.2 Å². The fourth-order valence-electron chi connectivity index (χ4n) is 2.97. The smallest absolute Gasteiger partial charge is 0.253 e. The van der Waals surface area contributed by atoms with E-state index in [4.69, 9.17) is 9.47 Å². The van der Waals surface area contributed by atoms with Gasteiger partial charge in [0.05, 0.1) is 13.2 Å². The van der Waals surface area contributed by atoms with Gasteiger partial charge in [0.15, 0.2) is 6.29 Å². The lowest BCUT2D eigenvalue weighted by Gasteiger charge is -2.25. The average molecular weight is 289 g/mol. The van der Waals surface area contributed by atoms with Crippen molar-refractivity contribution in [3.63, 3.8) is 0 Å². The molecule has 2 aliphatic heterocycles. The summed E-state index contributed by atoms with van der Waals surface area (Å²) in [6, 6.07) is 7.66. The molecule has 0 bridgehead atoms. The van der Waals surface area contributed by atoms with Crippen molar-refractivity contribution in [1.29, 1.82) is 0 Å². The van der Waals surface area contributed by atoms with Crippen LogP contribution in [-0.2, 0) is 9.47 Å². The predicted octanol–water partition coefficient (Wildman–Crippen LogP) is 3.14. The molecule has 0 spiro atoms. The zero-order valence-corrected chi connectivity index (χ0v) is 12.4. The summed E-state index contributed by atoms with van der Waals surface area (Å²) in [7, 11) is 0. The molecule has 4 heteroatoms. The Bertz CT molecular complexity index is 457. The molecular weight excluding hydrogens is 266 g/mol. The van der Waals surface area contributed by atoms with Crippen LogP contribution in [0.3, 0.4) is 0 Å². The van der Waals surface area contributed by atoms with Gasteiger partial charge in [0.25, 0.3) is 5.91 Å². The second kappa shape index (κ2) is 7.05. The van der Waals surface area contributed by atoms with Crippen LogP contribution < -0.4 is 0 Å². The van der Waals surface area contributed by atoms with Crippen LogP contribution in [0.15, 0.2) is 24.3 Å². The third-order valence-electron chi connectivity index (χ3n) is 4.19. The van der Waals surface area contributed by atoms with E-state index < -0.39 is 0 Å². The molecule has 0 atom stereocenters. The van der Waals surface area contributed by atoms with Crippen LogP contribution in [0.5, 0.6) is 0 Å². The zero-order chi connectivity index (χ0) is 14.5. The van der Waals surface area contributed by atoms with Crippen molar-refractivity contribution in [3.8, 4) is 0 Å². The van der Waals surface area contributed by atoms with E-state index in [1.165, 1.54) is 19.3 Å². The highest BCUT2D eigenvalue weighted by Gasteiger charge is 2.20. The fourth-order valence-corrected chi connectivity index (χ4v) is 2.97. The number of amides is 1. The number of benzene rings is 1. The Morgan fingerprint density at radius 1 is 0.905 bits per heavy atom. The molecule has 4 nitrogen and oxygen atoms in total. The highest BCUT2D eigenvalue weighted by atomic mass is 16.7. The third kappa shape index (κ3) is 3.63. The molecule has 2 fully saturated rings. The van der Waals surface area contributed by atoms with Crippen molar-refractivity contribution in [1.82, 2.24) is 4.90 Å². The molecule has 0 saturated carbocycles. The molecule has 0 aromatic heterocycles. The van der Waals surface area contributed by atoms with E-state index >= 15 is 0 Å². The number of likely N-dealkylation sites (tertiary alicyclic amines) is 1. The lowest BCUT2D eigenvalue weighted by molar-refractivity contribution is -0.0441. The van der Waals surface area contributed by atoms with Gasteiger partial charge in [-0.3, -0.25) is 4.79 Å². The molecule has 0 aliphatic carbocycles. The zero-order valence-electron chi connectivity index (χ0n) is 12.4. The number of hydrogen-bond acceptors (Lipinski definition) is 3. The fraction of sp³-hybridized carbons (Fsp3) is 0.588. The SMILES string of the molecule is O=C(c1ccc(C2OCCO2)cc1)N1CCCCCCC1. The minimum Gasteiger partial charge on any atom is -0.346 e. The monoisotopic (exact) mass is 289 g/mol. The second-order valence-electron chi connectivity index (χ2n) is 5.76. The Labute approximate surface area is 126 Å². The molecule has 2 heterocycles. The predicted molar refractivity (Wildman–Crippen MR) is 80.1 cm³/mol. The molecule has 1 amide bonds. The number of rotatable bonds is 2. The van der Waals surface area contributed by atoms with Crippen LogP contribution in [0.4, 0.5) is 0 Å². The summed E-state index contributed by atoms with van der Waals surface area (Å²) >= 11 is 0. The third-order valence-corrected chi connectivity index (χ3v) is 4.19. The number of carbonyl (C=O) groups excluding carboxylic acids is 1. The molecule has 1 aromatic carbocycles. The largest absolute Gasteiger partial charge is 0.346 e. The number of ether oxygens (including phenoxy) is 2. The van der Waals surface area contributed by atoms with Gasteiger partial charge >= 0.3 is 0 Å². The Morgan fingerprint density at radius 3 is 2.10 bits per heavy atom.